The van der Waals surface area contributed by atoms with Crippen molar-refractivity contribution < 1.29 is 18.3 Å². The van der Waals surface area contributed by atoms with Crippen molar-refractivity contribution in [2.75, 3.05) is 5.32 Å². The molecule has 1 N–H and O–H groups in total. The SMILES string of the molecule is O=C(Nc1cnc(Oc2ccccc2F)nc1)c1ccc(Br)o1. The number of hydrogen-bond acceptors (Lipinski definition) is 5. The monoisotopic (exact) mass is 377 g/mol. The number of halogens is 2. The number of carbonyl (C=O) groups excluding carboxylic acids is 1. The van der Waals surface area contributed by atoms with Gasteiger partial charge in [0.1, 0.15) is 0 Å². The number of aromatic nitrogens is 2. The average molecular weight is 378 g/mol. The zero-order valence-electron chi connectivity index (χ0n) is 11.5. The van der Waals surface area contributed by atoms with Crippen LogP contribution >= 0.6 is 15.9 Å². The summed E-state index contributed by atoms with van der Waals surface area (Å²) in [4.78, 5) is 19.7. The Hall–Kier alpha value is -2.74. The van der Waals surface area contributed by atoms with Crippen LogP contribution in [0, 0.1) is 5.82 Å². The standard InChI is InChI=1S/C15H9BrFN3O3/c16-13-6-5-12(22-13)14(21)20-9-7-18-15(19-8-9)23-11-4-2-1-3-10(11)17/h1-8H,(H,20,21). The molecule has 1 aromatic carbocycles. The lowest BCUT2D eigenvalue weighted by Gasteiger charge is -2.06. The molecule has 116 valence electrons. The summed E-state index contributed by atoms with van der Waals surface area (Å²) in [6.45, 7) is 0. The number of benzene rings is 1. The van der Waals surface area contributed by atoms with Gasteiger partial charge in [-0.25, -0.2) is 14.4 Å². The van der Waals surface area contributed by atoms with E-state index < -0.39 is 11.7 Å². The first-order valence-corrected chi connectivity index (χ1v) is 7.22. The third-order valence-electron chi connectivity index (χ3n) is 2.72. The minimum Gasteiger partial charge on any atom is -0.444 e. The number of ether oxygens (including phenoxy) is 1. The number of hydrogen-bond donors (Lipinski definition) is 1. The molecule has 0 fully saturated rings. The van der Waals surface area contributed by atoms with Gasteiger partial charge in [-0.2, -0.15) is 0 Å². The molecule has 3 rings (SSSR count). The van der Waals surface area contributed by atoms with Crippen LogP contribution in [0.1, 0.15) is 10.6 Å². The first kappa shape index (κ1) is 15.2. The maximum Gasteiger partial charge on any atom is 0.322 e. The summed E-state index contributed by atoms with van der Waals surface area (Å²) in [5.74, 6) is -0.799. The Labute approximate surface area is 138 Å². The highest BCUT2D eigenvalue weighted by Gasteiger charge is 2.11. The molecule has 0 atom stereocenters. The fourth-order valence-electron chi connectivity index (χ4n) is 1.69. The number of amides is 1. The number of anilines is 1. The molecule has 0 aliphatic carbocycles. The molecule has 0 radical (unpaired) electrons. The molecule has 0 saturated carbocycles. The first-order valence-electron chi connectivity index (χ1n) is 6.43. The fourth-order valence-corrected chi connectivity index (χ4v) is 1.99. The van der Waals surface area contributed by atoms with Gasteiger partial charge in [0, 0.05) is 0 Å². The van der Waals surface area contributed by atoms with Gasteiger partial charge < -0.3 is 14.5 Å². The van der Waals surface area contributed by atoms with Crippen molar-refractivity contribution >= 4 is 27.5 Å². The molecule has 0 aliphatic rings. The van der Waals surface area contributed by atoms with Crippen LogP contribution in [0.25, 0.3) is 0 Å². The molecule has 0 bridgehead atoms. The maximum atomic E-state index is 13.5. The number of nitrogens with zero attached hydrogens (tertiary/aromatic N) is 2. The first-order chi connectivity index (χ1) is 11.1. The van der Waals surface area contributed by atoms with Crippen LogP contribution in [0.15, 0.2) is 57.9 Å². The molecule has 6 nitrogen and oxygen atoms in total. The van der Waals surface area contributed by atoms with Gasteiger partial charge >= 0.3 is 6.01 Å². The van der Waals surface area contributed by atoms with E-state index in [9.17, 15) is 9.18 Å². The molecule has 1 amide bonds. The highest BCUT2D eigenvalue weighted by molar-refractivity contribution is 9.10. The van der Waals surface area contributed by atoms with Gasteiger partial charge in [0.05, 0.1) is 18.1 Å². The summed E-state index contributed by atoms with van der Waals surface area (Å²) in [6, 6.07) is 9.01. The van der Waals surface area contributed by atoms with Crippen LogP contribution in [-0.2, 0) is 0 Å². The number of carbonyl (C=O) groups is 1. The van der Waals surface area contributed by atoms with Crippen LogP contribution < -0.4 is 10.1 Å². The van der Waals surface area contributed by atoms with Gasteiger partial charge in [-0.1, -0.05) is 12.1 Å². The van der Waals surface area contributed by atoms with Crippen LogP contribution in [0.2, 0.25) is 0 Å². The molecule has 23 heavy (non-hydrogen) atoms. The van der Waals surface area contributed by atoms with E-state index >= 15 is 0 Å². The smallest absolute Gasteiger partial charge is 0.322 e. The number of para-hydroxylation sites is 1. The minimum atomic E-state index is -0.517. The van der Waals surface area contributed by atoms with Gasteiger partial charge in [-0.3, -0.25) is 4.79 Å². The third-order valence-corrected chi connectivity index (χ3v) is 3.15. The second-order valence-electron chi connectivity index (χ2n) is 4.34. The Bertz CT molecular complexity index is 836. The Kier molecular flexibility index (Phi) is 4.33. The molecule has 3 aromatic rings. The Balaban J connectivity index is 1.67. The van der Waals surface area contributed by atoms with Gasteiger partial charge in [-0.15, -0.1) is 0 Å². The van der Waals surface area contributed by atoms with Gasteiger partial charge in [0.25, 0.3) is 5.91 Å². The Morgan fingerprint density at radius 1 is 1.17 bits per heavy atom. The second kappa shape index (κ2) is 6.57. The molecule has 0 saturated heterocycles. The molecule has 0 unspecified atom stereocenters. The van der Waals surface area contributed by atoms with Crippen molar-refractivity contribution in [3.05, 3.63) is 65.0 Å². The van der Waals surface area contributed by atoms with E-state index in [4.69, 9.17) is 9.15 Å². The largest absolute Gasteiger partial charge is 0.444 e. The third kappa shape index (κ3) is 3.72. The van der Waals surface area contributed by atoms with E-state index in [1.54, 1.807) is 18.2 Å². The molecule has 0 aliphatic heterocycles. The Morgan fingerprint density at radius 3 is 2.57 bits per heavy atom. The van der Waals surface area contributed by atoms with E-state index in [0.717, 1.165) is 0 Å². The molecular weight excluding hydrogens is 369 g/mol. The van der Waals surface area contributed by atoms with E-state index in [0.29, 0.717) is 10.4 Å². The fraction of sp³-hybridized carbons (Fsp3) is 0. The summed E-state index contributed by atoms with van der Waals surface area (Å²) in [7, 11) is 0. The van der Waals surface area contributed by atoms with Crippen molar-refractivity contribution in [3.63, 3.8) is 0 Å². The van der Waals surface area contributed by atoms with Crippen LogP contribution in [-0.4, -0.2) is 15.9 Å². The molecule has 2 heterocycles. The van der Waals surface area contributed by atoms with Crippen molar-refractivity contribution in [2.24, 2.45) is 0 Å². The quantitative estimate of drug-likeness (QED) is 0.742. The zero-order valence-corrected chi connectivity index (χ0v) is 13.1. The maximum absolute atomic E-state index is 13.5. The van der Waals surface area contributed by atoms with Gasteiger partial charge in [-0.05, 0) is 40.2 Å². The van der Waals surface area contributed by atoms with Crippen molar-refractivity contribution in [2.45, 2.75) is 0 Å². The van der Waals surface area contributed by atoms with E-state index in [-0.39, 0.29) is 17.5 Å². The summed E-state index contributed by atoms with van der Waals surface area (Å²) in [5.41, 5.74) is 0.350. The summed E-state index contributed by atoms with van der Waals surface area (Å²) >= 11 is 3.11. The minimum absolute atomic E-state index is 0.0183. The van der Waals surface area contributed by atoms with E-state index in [2.05, 4.69) is 31.2 Å². The van der Waals surface area contributed by atoms with E-state index in [1.807, 2.05) is 0 Å². The van der Waals surface area contributed by atoms with Crippen LogP contribution in [0.4, 0.5) is 10.1 Å². The highest BCUT2D eigenvalue weighted by Crippen LogP contribution is 2.21. The van der Waals surface area contributed by atoms with Gasteiger partial charge in [0.15, 0.2) is 22.0 Å². The van der Waals surface area contributed by atoms with Crippen LogP contribution in [0.5, 0.6) is 11.8 Å². The second-order valence-corrected chi connectivity index (χ2v) is 5.13. The molecule has 2 aromatic heterocycles. The lowest BCUT2D eigenvalue weighted by atomic mass is 10.3. The van der Waals surface area contributed by atoms with E-state index in [1.165, 1.54) is 30.6 Å². The molecule has 0 spiro atoms. The summed E-state index contributed by atoms with van der Waals surface area (Å²) < 4.78 is 24.3. The van der Waals surface area contributed by atoms with Crippen molar-refractivity contribution in [1.29, 1.82) is 0 Å². The molecule has 8 heteroatoms. The average Bonchev–Trinajstić information content (AvgIpc) is 2.98. The van der Waals surface area contributed by atoms with Crippen LogP contribution in [0.3, 0.4) is 0 Å². The van der Waals surface area contributed by atoms with Crippen molar-refractivity contribution in [3.8, 4) is 11.8 Å². The lowest BCUT2D eigenvalue weighted by molar-refractivity contribution is 0.0995. The number of rotatable bonds is 4. The summed E-state index contributed by atoms with van der Waals surface area (Å²) in [5, 5.41) is 2.57. The van der Waals surface area contributed by atoms with Gasteiger partial charge in [0.2, 0.25) is 0 Å². The normalized spacial score (nSPS) is 10.3. The van der Waals surface area contributed by atoms with Crippen molar-refractivity contribution in [1.82, 2.24) is 9.97 Å². The number of furan rings is 1. The number of nitrogens with one attached hydrogen (secondary N) is 1. The predicted octanol–water partition coefficient (Wildman–Crippen LogP) is 4.02. The molecular formula is C15H9BrFN3O3. The Morgan fingerprint density at radius 2 is 1.91 bits per heavy atom. The summed E-state index contributed by atoms with van der Waals surface area (Å²) in [6.07, 6.45) is 2.69. The predicted molar refractivity (Wildman–Crippen MR) is 82.9 cm³/mol. The lowest BCUT2D eigenvalue weighted by Crippen LogP contribution is -2.11. The highest BCUT2D eigenvalue weighted by atomic mass is 79.9. The topological polar surface area (TPSA) is 77.2 Å². The zero-order chi connectivity index (χ0) is 16.2.